The first-order valence-corrected chi connectivity index (χ1v) is 7.92. The van der Waals surface area contributed by atoms with Gasteiger partial charge in [-0.15, -0.1) is 0 Å². The molecule has 0 aliphatic heterocycles. The van der Waals surface area contributed by atoms with Gasteiger partial charge in [0.1, 0.15) is 11.5 Å². The van der Waals surface area contributed by atoms with Crippen LogP contribution in [0, 0.1) is 13.8 Å². The van der Waals surface area contributed by atoms with E-state index >= 15 is 0 Å². The number of hydrogen-bond donors (Lipinski definition) is 1. The summed E-state index contributed by atoms with van der Waals surface area (Å²) >= 11 is 0. The van der Waals surface area contributed by atoms with Crippen LogP contribution in [0.15, 0.2) is 42.5 Å². The summed E-state index contributed by atoms with van der Waals surface area (Å²) in [7, 11) is 3.14. The summed E-state index contributed by atoms with van der Waals surface area (Å²) in [4.78, 5) is 17.4. The summed E-state index contributed by atoms with van der Waals surface area (Å²) in [5, 5.41) is 3.75. The van der Waals surface area contributed by atoms with E-state index in [1.807, 2.05) is 32.0 Å². The molecule has 0 spiro atoms. The third kappa shape index (κ3) is 3.55. The van der Waals surface area contributed by atoms with E-state index in [1.54, 1.807) is 38.5 Å². The summed E-state index contributed by atoms with van der Waals surface area (Å²) in [5.41, 5.74) is 3.88. The van der Waals surface area contributed by atoms with Crippen molar-refractivity contribution in [3.8, 4) is 11.5 Å². The molecule has 5 nitrogen and oxygen atoms in total. The molecule has 1 aromatic heterocycles. The molecule has 3 aromatic rings. The Morgan fingerprint density at radius 1 is 0.960 bits per heavy atom. The number of nitrogens with one attached hydrogen (secondary N) is 1. The molecule has 1 N–H and O–H groups in total. The first kappa shape index (κ1) is 16.8. The fourth-order valence-electron chi connectivity index (χ4n) is 2.74. The number of carbonyl (C=O) groups is 1. The van der Waals surface area contributed by atoms with Crippen molar-refractivity contribution in [2.75, 3.05) is 19.5 Å². The highest BCUT2D eigenvalue weighted by Crippen LogP contribution is 2.27. The maximum absolute atomic E-state index is 12.9. The number of pyridine rings is 1. The van der Waals surface area contributed by atoms with Crippen LogP contribution >= 0.6 is 0 Å². The molecular weight excluding hydrogens is 316 g/mol. The fraction of sp³-hybridized carbons (Fsp3) is 0.200. The van der Waals surface area contributed by atoms with Crippen LogP contribution in [-0.4, -0.2) is 25.1 Å². The second-order valence-electron chi connectivity index (χ2n) is 5.89. The molecule has 0 radical (unpaired) electrons. The van der Waals surface area contributed by atoms with Gasteiger partial charge in [0.25, 0.3) is 5.91 Å². The maximum atomic E-state index is 12.9. The Morgan fingerprint density at radius 3 is 2.28 bits per heavy atom. The van der Waals surface area contributed by atoms with E-state index in [-0.39, 0.29) is 5.91 Å². The molecule has 1 amide bonds. The minimum atomic E-state index is -0.198. The Kier molecular flexibility index (Phi) is 4.57. The minimum absolute atomic E-state index is 0.198. The lowest BCUT2D eigenvalue weighted by Gasteiger charge is -2.12. The highest BCUT2D eigenvalue weighted by molar-refractivity contribution is 6.12. The number of carbonyl (C=O) groups excluding carboxylic acids is 1. The lowest BCUT2D eigenvalue weighted by molar-refractivity contribution is 0.102. The number of benzene rings is 2. The predicted molar refractivity (Wildman–Crippen MR) is 98.7 cm³/mol. The number of fused-ring (bicyclic) bond motifs is 1. The van der Waals surface area contributed by atoms with Gasteiger partial charge in [-0.2, -0.15) is 0 Å². The van der Waals surface area contributed by atoms with Gasteiger partial charge < -0.3 is 14.8 Å². The monoisotopic (exact) mass is 336 g/mol. The third-order valence-electron chi connectivity index (χ3n) is 3.95. The third-order valence-corrected chi connectivity index (χ3v) is 3.95. The molecule has 0 aliphatic rings. The number of nitrogens with zero attached hydrogens (tertiary/aromatic N) is 1. The van der Waals surface area contributed by atoms with Crippen molar-refractivity contribution in [1.82, 2.24) is 4.98 Å². The van der Waals surface area contributed by atoms with Crippen molar-refractivity contribution >= 4 is 22.5 Å². The van der Waals surface area contributed by atoms with E-state index in [1.165, 1.54) is 0 Å². The average Bonchev–Trinajstić information content (AvgIpc) is 2.60. The summed E-state index contributed by atoms with van der Waals surface area (Å²) in [5.74, 6) is 1.03. The quantitative estimate of drug-likeness (QED) is 0.778. The smallest absolute Gasteiger partial charge is 0.256 e. The molecule has 0 aliphatic carbocycles. The second kappa shape index (κ2) is 6.81. The normalized spacial score (nSPS) is 10.6. The van der Waals surface area contributed by atoms with Gasteiger partial charge in [-0.3, -0.25) is 9.78 Å². The molecule has 0 unspecified atom stereocenters. The molecule has 128 valence electrons. The van der Waals surface area contributed by atoms with Crippen LogP contribution in [0.25, 0.3) is 10.9 Å². The van der Waals surface area contributed by atoms with E-state index in [4.69, 9.17) is 9.47 Å². The molecule has 0 saturated heterocycles. The van der Waals surface area contributed by atoms with Gasteiger partial charge in [-0.25, -0.2) is 0 Å². The van der Waals surface area contributed by atoms with Crippen LogP contribution in [0.4, 0.5) is 5.69 Å². The van der Waals surface area contributed by atoms with Crippen LogP contribution in [0.3, 0.4) is 0 Å². The van der Waals surface area contributed by atoms with Gasteiger partial charge in [0, 0.05) is 35.0 Å². The highest BCUT2D eigenvalue weighted by Gasteiger charge is 2.14. The molecule has 0 saturated carbocycles. The fourth-order valence-corrected chi connectivity index (χ4v) is 2.74. The topological polar surface area (TPSA) is 60.5 Å². The van der Waals surface area contributed by atoms with Crippen LogP contribution in [0.5, 0.6) is 11.5 Å². The van der Waals surface area contributed by atoms with Crippen LogP contribution in [-0.2, 0) is 0 Å². The molecular formula is C20H20N2O3. The van der Waals surface area contributed by atoms with E-state index in [9.17, 15) is 4.79 Å². The van der Waals surface area contributed by atoms with Crippen LogP contribution < -0.4 is 14.8 Å². The molecule has 0 fully saturated rings. The number of methoxy groups -OCH3 is 2. The SMILES string of the molecule is COc1cc(NC(=O)c2cc(C)nc3ccc(C)cc23)cc(OC)c1. The number of amides is 1. The zero-order chi connectivity index (χ0) is 18.0. The first-order valence-electron chi connectivity index (χ1n) is 7.92. The summed E-state index contributed by atoms with van der Waals surface area (Å²) in [6.45, 7) is 3.87. The van der Waals surface area contributed by atoms with Crippen LogP contribution in [0.1, 0.15) is 21.6 Å². The number of aryl methyl sites for hydroxylation is 2. The van der Waals surface area contributed by atoms with Gasteiger partial charge >= 0.3 is 0 Å². The maximum Gasteiger partial charge on any atom is 0.256 e. The molecule has 25 heavy (non-hydrogen) atoms. The van der Waals surface area contributed by atoms with Gasteiger partial charge in [-0.05, 0) is 32.0 Å². The van der Waals surface area contributed by atoms with Gasteiger partial charge in [-0.1, -0.05) is 11.6 Å². The van der Waals surface area contributed by atoms with Crippen molar-refractivity contribution < 1.29 is 14.3 Å². The Balaban J connectivity index is 2.02. The van der Waals surface area contributed by atoms with Crippen molar-refractivity contribution in [3.63, 3.8) is 0 Å². The molecule has 3 rings (SSSR count). The molecule has 2 aromatic carbocycles. The van der Waals surface area contributed by atoms with Crippen LogP contribution in [0.2, 0.25) is 0 Å². The molecule has 1 heterocycles. The Morgan fingerprint density at radius 2 is 1.64 bits per heavy atom. The average molecular weight is 336 g/mol. The van der Waals surface area contributed by atoms with Gasteiger partial charge in [0.2, 0.25) is 0 Å². The van der Waals surface area contributed by atoms with E-state index in [2.05, 4.69) is 10.3 Å². The molecule has 5 heteroatoms. The highest BCUT2D eigenvalue weighted by atomic mass is 16.5. The summed E-state index contributed by atoms with van der Waals surface area (Å²) < 4.78 is 10.5. The number of aromatic nitrogens is 1. The lowest BCUT2D eigenvalue weighted by Crippen LogP contribution is -2.13. The molecule has 0 atom stereocenters. The van der Waals surface area contributed by atoms with E-state index in [0.717, 1.165) is 22.2 Å². The first-order chi connectivity index (χ1) is 12.0. The number of rotatable bonds is 4. The zero-order valence-electron chi connectivity index (χ0n) is 14.7. The summed E-state index contributed by atoms with van der Waals surface area (Å²) in [6.07, 6.45) is 0. The minimum Gasteiger partial charge on any atom is -0.497 e. The zero-order valence-corrected chi connectivity index (χ0v) is 14.7. The number of hydrogen-bond acceptors (Lipinski definition) is 4. The number of anilines is 1. The predicted octanol–water partition coefficient (Wildman–Crippen LogP) is 4.12. The number of ether oxygens (including phenoxy) is 2. The lowest BCUT2D eigenvalue weighted by atomic mass is 10.0. The Labute approximate surface area is 146 Å². The van der Waals surface area contributed by atoms with E-state index in [0.29, 0.717) is 22.7 Å². The second-order valence-corrected chi connectivity index (χ2v) is 5.89. The van der Waals surface area contributed by atoms with Gasteiger partial charge in [0.15, 0.2) is 0 Å². The Bertz CT molecular complexity index is 929. The van der Waals surface area contributed by atoms with Crippen molar-refractivity contribution in [3.05, 3.63) is 59.3 Å². The van der Waals surface area contributed by atoms with E-state index < -0.39 is 0 Å². The standard InChI is InChI=1S/C20H20N2O3/c1-12-5-6-19-17(7-12)18(8-13(2)21-19)20(23)22-14-9-15(24-3)11-16(10-14)25-4/h5-11H,1-4H3,(H,22,23). The summed E-state index contributed by atoms with van der Waals surface area (Å²) in [6, 6.07) is 13.0. The largest absolute Gasteiger partial charge is 0.497 e. The van der Waals surface area contributed by atoms with Crippen molar-refractivity contribution in [2.24, 2.45) is 0 Å². The molecule has 0 bridgehead atoms. The van der Waals surface area contributed by atoms with Crippen molar-refractivity contribution in [1.29, 1.82) is 0 Å². The Hall–Kier alpha value is -3.08. The van der Waals surface area contributed by atoms with Gasteiger partial charge in [0.05, 0.1) is 25.3 Å². The van der Waals surface area contributed by atoms with Crippen molar-refractivity contribution in [2.45, 2.75) is 13.8 Å².